The summed E-state index contributed by atoms with van der Waals surface area (Å²) in [4.78, 5) is 8.91. The van der Waals surface area contributed by atoms with E-state index in [4.69, 9.17) is 4.74 Å². The minimum absolute atomic E-state index is 0.220. The molecule has 0 atom stereocenters. The van der Waals surface area contributed by atoms with Crippen molar-refractivity contribution in [2.24, 2.45) is 0 Å². The van der Waals surface area contributed by atoms with Gasteiger partial charge in [0.2, 0.25) is 5.95 Å². The van der Waals surface area contributed by atoms with Gasteiger partial charge in [-0.05, 0) is 36.2 Å². The lowest BCUT2D eigenvalue weighted by molar-refractivity contribution is 0.415. The maximum atomic E-state index is 12.9. The first-order chi connectivity index (χ1) is 11.7. The Kier molecular flexibility index (Phi) is 3.53. The normalized spacial score (nSPS) is 11.2. The standard InChI is InChI=1S/C17H16FN5O/c1-24-13-6-7-15-14(10-13)20-17-21-16(22-23(15)17)19-9-8-11-2-4-12(18)5-3-11/h2-7,10H,8-9H2,1H3,(H2,19,20,21,22). The van der Waals surface area contributed by atoms with Gasteiger partial charge in [0.05, 0.1) is 18.1 Å². The quantitative estimate of drug-likeness (QED) is 0.592. The molecule has 4 rings (SSSR count). The number of imidazole rings is 1. The molecule has 0 unspecified atom stereocenters. The van der Waals surface area contributed by atoms with Crippen molar-refractivity contribution < 1.29 is 9.13 Å². The molecule has 2 heterocycles. The van der Waals surface area contributed by atoms with E-state index in [1.807, 2.05) is 22.7 Å². The Morgan fingerprint density at radius 1 is 1.17 bits per heavy atom. The molecular weight excluding hydrogens is 309 g/mol. The number of ether oxygens (including phenoxy) is 1. The molecule has 0 radical (unpaired) electrons. The molecule has 0 bridgehead atoms. The van der Waals surface area contributed by atoms with Crippen molar-refractivity contribution in [3.05, 3.63) is 53.8 Å². The van der Waals surface area contributed by atoms with Crippen LogP contribution in [0.5, 0.6) is 5.75 Å². The predicted molar refractivity (Wildman–Crippen MR) is 90.0 cm³/mol. The molecule has 0 spiro atoms. The van der Waals surface area contributed by atoms with Crippen LogP contribution in [0.4, 0.5) is 10.3 Å². The van der Waals surface area contributed by atoms with Gasteiger partial charge in [0.25, 0.3) is 5.78 Å². The van der Waals surface area contributed by atoms with Crippen LogP contribution in [0.1, 0.15) is 5.56 Å². The number of nitrogens with one attached hydrogen (secondary N) is 2. The Balaban J connectivity index is 1.49. The zero-order valence-electron chi connectivity index (χ0n) is 13.1. The Morgan fingerprint density at radius 3 is 2.79 bits per heavy atom. The first-order valence-corrected chi connectivity index (χ1v) is 7.63. The molecule has 2 aromatic heterocycles. The molecule has 24 heavy (non-hydrogen) atoms. The van der Waals surface area contributed by atoms with E-state index >= 15 is 0 Å². The molecule has 7 heteroatoms. The topological polar surface area (TPSA) is 67.2 Å². The largest absolute Gasteiger partial charge is 0.497 e. The monoisotopic (exact) mass is 325 g/mol. The zero-order valence-corrected chi connectivity index (χ0v) is 13.1. The van der Waals surface area contributed by atoms with Crippen molar-refractivity contribution >= 4 is 22.8 Å². The summed E-state index contributed by atoms with van der Waals surface area (Å²) in [6.07, 6.45) is 0.779. The third kappa shape index (κ3) is 2.64. The van der Waals surface area contributed by atoms with Gasteiger partial charge < -0.3 is 10.1 Å². The summed E-state index contributed by atoms with van der Waals surface area (Å²) < 4.78 is 19.9. The maximum Gasteiger partial charge on any atom is 0.253 e. The SMILES string of the molecule is COc1ccc2c(c1)nc1nc(NCCc3ccc(F)cc3)[nH]n12. The molecule has 0 saturated carbocycles. The Bertz CT molecular complexity index is 989. The summed E-state index contributed by atoms with van der Waals surface area (Å²) in [5, 5.41) is 6.41. The lowest BCUT2D eigenvalue weighted by Gasteiger charge is -2.03. The van der Waals surface area contributed by atoms with Crippen LogP contribution in [0.15, 0.2) is 42.5 Å². The molecule has 0 fully saturated rings. The molecule has 0 aliphatic carbocycles. The average molecular weight is 325 g/mol. The average Bonchev–Trinajstić information content (AvgIpc) is 3.13. The van der Waals surface area contributed by atoms with E-state index in [1.54, 1.807) is 19.2 Å². The fraction of sp³-hybridized carbons (Fsp3) is 0.176. The minimum Gasteiger partial charge on any atom is -0.497 e. The van der Waals surface area contributed by atoms with Crippen LogP contribution in [-0.2, 0) is 6.42 Å². The molecule has 0 saturated heterocycles. The van der Waals surface area contributed by atoms with Gasteiger partial charge in [-0.1, -0.05) is 12.1 Å². The summed E-state index contributed by atoms with van der Waals surface area (Å²) in [5.41, 5.74) is 2.83. The number of aromatic amines is 1. The zero-order chi connectivity index (χ0) is 16.5. The number of benzene rings is 2. The van der Waals surface area contributed by atoms with Crippen LogP contribution < -0.4 is 10.1 Å². The van der Waals surface area contributed by atoms with Gasteiger partial charge in [-0.15, -0.1) is 0 Å². The number of fused-ring (bicyclic) bond motifs is 3. The van der Waals surface area contributed by atoms with E-state index < -0.39 is 0 Å². The first kappa shape index (κ1) is 14.5. The van der Waals surface area contributed by atoms with Crippen molar-refractivity contribution in [2.45, 2.75) is 6.42 Å². The van der Waals surface area contributed by atoms with Crippen LogP contribution in [0.2, 0.25) is 0 Å². The smallest absolute Gasteiger partial charge is 0.253 e. The third-order valence-corrected chi connectivity index (χ3v) is 3.89. The van der Waals surface area contributed by atoms with Crippen LogP contribution in [-0.4, -0.2) is 33.2 Å². The van der Waals surface area contributed by atoms with Crippen LogP contribution >= 0.6 is 0 Å². The van der Waals surface area contributed by atoms with Crippen molar-refractivity contribution in [1.29, 1.82) is 0 Å². The first-order valence-electron chi connectivity index (χ1n) is 7.63. The van der Waals surface area contributed by atoms with Gasteiger partial charge in [0.1, 0.15) is 11.6 Å². The number of rotatable bonds is 5. The molecule has 0 amide bonds. The highest BCUT2D eigenvalue weighted by Gasteiger charge is 2.10. The van der Waals surface area contributed by atoms with E-state index in [2.05, 4.69) is 20.4 Å². The number of H-pyrrole nitrogens is 1. The summed E-state index contributed by atoms with van der Waals surface area (Å²) in [7, 11) is 1.63. The van der Waals surface area contributed by atoms with Crippen molar-refractivity contribution in [3.8, 4) is 5.75 Å². The number of nitrogens with zero attached hydrogens (tertiary/aromatic N) is 3. The molecule has 0 aliphatic heterocycles. The Morgan fingerprint density at radius 2 is 2.00 bits per heavy atom. The molecule has 2 N–H and O–H groups in total. The van der Waals surface area contributed by atoms with E-state index in [-0.39, 0.29) is 5.82 Å². The summed E-state index contributed by atoms with van der Waals surface area (Å²) in [5.74, 6) is 1.79. The van der Waals surface area contributed by atoms with Gasteiger partial charge in [0.15, 0.2) is 0 Å². The molecule has 6 nitrogen and oxygen atoms in total. The molecule has 4 aromatic rings. The van der Waals surface area contributed by atoms with Gasteiger partial charge in [-0.25, -0.2) is 13.9 Å². The summed E-state index contributed by atoms with van der Waals surface area (Å²) >= 11 is 0. The second kappa shape index (κ2) is 5.84. The van der Waals surface area contributed by atoms with Gasteiger partial charge >= 0.3 is 0 Å². The van der Waals surface area contributed by atoms with Gasteiger partial charge in [-0.2, -0.15) is 4.98 Å². The molecular formula is C17H16FN5O. The van der Waals surface area contributed by atoms with Gasteiger partial charge in [0, 0.05) is 12.6 Å². The van der Waals surface area contributed by atoms with E-state index in [1.165, 1.54) is 12.1 Å². The lowest BCUT2D eigenvalue weighted by atomic mass is 10.1. The van der Waals surface area contributed by atoms with Crippen molar-refractivity contribution in [3.63, 3.8) is 0 Å². The van der Waals surface area contributed by atoms with Gasteiger partial charge in [-0.3, -0.25) is 5.10 Å². The number of anilines is 1. The fourth-order valence-corrected chi connectivity index (χ4v) is 2.65. The minimum atomic E-state index is -0.220. The molecule has 2 aromatic carbocycles. The Labute approximate surface area is 137 Å². The Hall–Kier alpha value is -3.09. The fourth-order valence-electron chi connectivity index (χ4n) is 2.65. The summed E-state index contributed by atoms with van der Waals surface area (Å²) in [6, 6.07) is 12.2. The van der Waals surface area contributed by atoms with Crippen molar-refractivity contribution in [2.75, 3.05) is 19.0 Å². The van der Waals surface area contributed by atoms with Crippen molar-refractivity contribution in [1.82, 2.24) is 19.6 Å². The van der Waals surface area contributed by atoms with Crippen LogP contribution in [0, 0.1) is 5.82 Å². The van der Waals surface area contributed by atoms with Crippen LogP contribution in [0.3, 0.4) is 0 Å². The molecule has 0 aliphatic rings. The highest BCUT2D eigenvalue weighted by Crippen LogP contribution is 2.21. The number of hydrogen-bond acceptors (Lipinski definition) is 4. The lowest BCUT2D eigenvalue weighted by Crippen LogP contribution is -2.06. The highest BCUT2D eigenvalue weighted by molar-refractivity contribution is 5.80. The van der Waals surface area contributed by atoms with E-state index in [9.17, 15) is 4.39 Å². The number of halogens is 1. The molecule has 122 valence electrons. The summed E-state index contributed by atoms with van der Waals surface area (Å²) in [6.45, 7) is 0.689. The van der Waals surface area contributed by atoms with E-state index in [0.29, 0.717) is 18.3 Å². The van der Waals surface area contributed by atoms with E-state index in [0.717, 1.165) is 28.8 Å². The third-order valence-electron chi connectivity index (χ3n) is 3.89. The second-order valence-electron chi connectivity index (χ2n) is 5.48. The number of methoxy groups -OCH3 is 1. The van der Waals surface area contributed by atoms with Crippen LogP contribution in [0.25, 0.3) is 16.8 Å². The maximum absolute atomic E-state index is 12.9. The number of aromatic nitrogens is 4. The second-order valence-corrected chi connectivity index (χ2v) is 5.48. The highest BCUT2D eigenvalue weighted by atomic mass is 19.1. The predicted octanol–water partition coefficient (Wildman–Crippen LogP) is 3.01. The number of hydrogen-bond donors (Lipinski definition) is 2.